The average Bonchev–Trinajstić information content (AvgIpc) is 2.33. The molecule has 0 aliphatic heterocycles. The molecule has 1 rings (SSSR count). The zero-order valence-corrected chi connectivity index (χ0v) is 13.3. The quantitative estimate of drug-likeness (QED) is 0.845. The van der Waals surface area contributed by atoms with Gasteiger partial charge in [-0.3, -0.25) is 9.69 Å². The second-order valence-electron chi connectivity index (χ2n) is 5.71. The molecule has 7 heteroatoms. The Kier molecular flexibility index (Phi) is 7.78. The third kappa shape index (κ3) is 6.84. The monoisotopic (exact) mass is 321 g/mol. The van der Waals surface area contributed by atoms with Gasteiger partial charge < -0.3 is 11.1 Å². The predicted octanol–water partition coefficient (Wildman–Crippen LogP) is 2.24. The van der Waals surface area contributed by atoms with Gasteiger partial charge in [-0.15, -0.1) is 12.4 Å². The van der Waals surface area contributed by atoms with Gasteiger partial charge in [0.1, 0.15) is 11.6 Å². The van der Waals surface area contributed by atoms with Gasteiger partial charge in [-0.25, -0.2) is 8.78 Å². The van der Waals surface area contributed by atoms with Gasteiger partial charge in [0.25, 0.3) is 0 Å². The lowest BCUT2D eigenvalue weighted by Crippen LogP contribution is -2.40. The summed E-state index contributed by atoms with van der Waals surface area (Å²) in [6, 6.07) is 2.93. The highest BCUT2D eigenvalue weighted by Crippen LogP contribution is 2.16. The molecule has 4 nitrogen and oxygen atoms in total. The average molecular weight is 322 g/mol. The van der Waals surface area contributed by atoms with Crippen molar-refractivity contribution in [2.24, 2.45) is 11.1 Å². The summed E-state index contributed by atoms with van der Waals surface area (Å²) in [6.07, 6.45) is 0. The molecular weight excluding hydrogens is 300 g/mol. The summed E-state index contributed by atoms with van der Waals surface area (Å²) >= 11 is 0. The van der Waals surface area contributed by atoms with Crippen LogP contribution in [0, 0.1) is 17.0 Å². The summed E-state index contributed by atoms with van der Waals surface area (Å²) in [7, 11) is 1.78. The fraction of sp³-hybridized carbons (Fsp3) is 0.500. The van der Waals surface area contributed by atoms with Crippen LogP contribution in [0.4, 0.5) is 14.5 Å². The highest BCUT2D eigenvalue weighted by atomic mass is 35.5. The highest BCUT2D eigenvalue weighted by Gasteiger charge is 2.19. The topological polar surface area (TPSA) is 58.4 Å². The Morgan fingerprint density at radius 3 is 2.57 bits per heavy atom. The number of nitrogens with two attached hydrogens (primary N) is 1. The number of hydrogen-bond acceptors (Lipinski definition) is 3. The molecule has 0 aliphatic carbocycles. The van der Waals surface area contributed by atoms with Crippen LogP contribution >= 0.6 is 12.4 Å². The molecule has 0 heterocycles. The van der Waals surface area contributed by atoms with Gasteiger partial charge in [-0.2, -0.15) is 0 Å². The number of rotatable bonds is 6. The van der Waals surface area contributed by atoms with E-state index in [1.165, 1.54) is 0 Å². The molecule has 120 valence electrons. The van der Waals surface area contributed by atoms with Crippen molar-refractivity contribution in [1.82, 2.24) is 4.90 Å². The number of hydrogen-bond donors (Lipinski definition) is 2. The maximum absolute atomic E-state index is 13.4. The second kappa shape index (κ2) is 8.26. The first-order chi connectivity index (χ1) is 9.23. The summed E-state index contributed by atoms with van der Waals surface area (Å²) in [6.45, 7) is 5.20. The molecule has 0 aromatic heterocycles. The van der Waals surface area contributed by atoms with E-state index in [1.54, 1.807) is 11.9 Å². The lowest BCUT2D eigenvalue weighted by Gasteiger charge is -2.28. The Bertz CT molecular complexity index is 483. The van der Waals surface area contributed by atoms with Crippen LogP contribution in [-0.4, -0.2) is 37.5 Å². The van der Waals surface area contributed by atoms with Gasteiger partial charge in [-0.05, 0) is 31.1 Å². The molecule has 3 N–H and O–H groups in total. The third-order valence-electron chi connectivity index (χ3n) is 2.87. The van der Waals surface area contributed by atoms with Gasteiger partial charge >= 0.3 is 0 Å². The number of amides is 1. The zero-order valence-electron chi connectivity index (χ0n) is 12.5. The van der Waals surface area contributed by atoms with Crippen molar-refractivity contribution in [2.45, 2.75) is 13.8 Å². The van der Waals surface area contributed by atoms with E-state index >= 15 is 0 Å². The van der Waals surface area contributed by atoms with Crippen LogP contribution in [0.25, 0.3) is 0 Å². The van der Waals surface area contributed by atoms with Crippen LogP contribution in [0.15, 0.2) is 18.2 Å². The minimum Gasteiger partial charge on any atom is -0.330 e. The van der Waals surface area contributed by atoms with Crippen molar-refractivity contribution in [3.63, 3.8) is 0 Å². The number of halogens is 3. The van der Waals surface area contributed by atoms with E-state index in [0.717, 1.165) is 18.2 Å². The Morgan fingerprint density at radius 1 is 1.38 bits per heavy atom. The molecule has 0 atom stereocenters. The summed E-state index contributed by atoms with van der Waals surface area (Å²) in [5, 5.41) is 2.36. The summed E-state index contributed by atoms with van der Waals surface area (Å²) in [4.78, 5) is 13.6. The second-order valence-corrected chi connectivity index (χ2v) is 5.71. The molecule has 0 fully saturated rings. The van der Waals surface area contributed by atoms with Gasteiger partial charge in [0.2, 0.25) is 5.91 Å². The summed E-state index contributed by atoms with van der Waals surface area (Å²) in [5.74, 6) is -1.66. The van der Waals surface area contributed by atoms with Crippen molar-refractivity contribution >= 4 is 24.0 Å². The van der Waals surface area contributed by atoms with Crippen LogP contribution < -0.4 is 11.1 Å². The minimum atomic E-state index is -0.662. The number of carbonyl (C=O) groups excluding carboxylic acids is 1. The molecule has 1 amide bonds. The van der Waals surface area contributed by atoms with Gasteiger partial charge in [0, 0.05) is 12.6 Å². The van der Waals surface area contributed by atoms with Crippen molar-refractivity contribution < 1.29 is 13.6 Å². The van der Waals surface area contributed by atoms with Crippen LogP contribution in [0.5, 0.6) is 0 Å². The van der Waals surface area contributed by atoms with Crippen molar-refractivity contribution in [3.05, 3.63) is 29.8 Å². The number of nitrogens with one attached hydrogen (secondary N) is 1. The normalized spacial score (nSPS) is 11.2. The smallest absolute Gasteiger partial charge is 0.238 e. The fourth-order valence-corrected chi connectivity index (χ4v) is 1.88. The maximum Gasteiger partial charge on any atom is 0.238 e. The van der Waals surface area contributed by atoms with E-state index < -0.39 is 17.5 Å². The van der Waals surface area contributed by atoms with Gasteiger partial charge in [-0.1, -0.05) is 13.8 Å². The standard InChI is InChI=1S/C14H21F2N3O.ClH/c1-14(2,8-17)9-19(3)7-13(20)18-12-6-10(15)4-5-11(12)16;/h4-6H,7-9,17H2,1-3H3,(H,18,20);1H. The van der Waals surface area contributed by atoms with E-state index in [1.807, 2.05) is 13.8 Å². The van der Waals surface area contributed by atoms with E-state index in [4.69, 9.17) is 5.73 Å². The molecule has 0 saturated carbocycles. The van der Waals surface area contributed by atoms with Crippen molar-refractivity contribution in [1.29, 1.82) is 0 Å². The molecule has 0 aliphatic rings. The van der Waals surface area contributed by atoms with Crippen LogP contribution in [-0.2, 0) is 4.79 Å². The number of anilines is 1. The van der Waals surface area contributed by atoms with Gasteiger partial charge in [0.05, 0.1) is 12.2 Å². The molecule has 0 saturated heterocycles. The van der Waals surface area contributed by atoms with E-state index in [0.29, 0.717) is 13.1 Å². The fourth-order valence-electron chi connectivity index (χ4n) is 1.88. The van der Waals surface area contributed by atoms with Crippen LogP contribution in [0.3, 0.4) is 0 Å². The van der Waals surface area contributed by atoms with Crippen LogP contribution in [0.2, 0.25) is 0 Å². The Balaban J connectivity index is 0.00000400. The number of carbonyl (C=O) groups is 1. The Hall–Kier alpha value is -1.24. The molecular formula is C14H22ClF2N3O. The first kappa shape index (κ1) is 19.8. The minimum absolute atomic E-state index is 0. The molecule has 0 unspecified atom stereocenters. The first-order valence-electron chi connectivity index (χ1n) is 6.37. The zero-order chi connectivity index (χ0) is 15.3. The summed E-state index contributed by atoms with van der Waals surface area (Å²) < 4.78 is 26.4. The van der Waals surface area contributed by atoms with E-state index in [-0.39, 0.29) is 30.1 Å². The van der Waals surface area contributed by atoms with Gasteiger partial charge in [0.15, 0.2) is 0 Å². The third-order valence-corrected chi connectivity index (χ3v) is 2.87. The molecule has 21 heavy (non-hydrogen) atoms. The number of nitrogens with zero attached hydrogens (tertiary/aromatic N) is 1. The Morgan fingerprint density at radius 2 is 2.00 bits per heavy atom. The highest BCUT2D eigenvalue weighted by molar-refractivity contribution is 5.92. The van der Waals surface area contributed by atoms with Crippen molar-refractivity contribution in [2.75, 3.05) is 32.0 Å². The maximum atomic E-state index is 13.4. The molecule has 0 spiro atoms. The van der Waals surface area contributed by atoms with Crippen LogP contribution in [0.1, 0.15) is 13.8 Å². The number of likely N-dealkylation sites (N-methyl/N-ethyl adjacent to an activating group) is 1. The molecule has 0 radical (unpaired) electrons. The lowest BCUT2D eigenvalue weighted by molar-refractivity contribution is -0.117. The van der Waals surface area contributed by atoms with E-state index in [9.17, 15) is 13.6 Å². The van der Waals surface area contributed by atoms with E-state index in [2.05, 4.69) is 5.32 Å². The summed E-state index contributed by atoms with van der Waals surface area (Å²) in [5.41, 5.74) is 5.36. The lowest BCUT2D eigenvalue weighted by atomic mass is 9.93. The Labute approximate surface area is 130 Å². The first-order valence-corrected chi connectivity index (χ1v) is 6.37. The van der Waals surface area contributed by atoms with Crippen molar-refractivity contribution in [3.8, 4) is 0 Å². The largest absolute Gasteiger partial charge is 0.330 e. The number of benzene rings is 1. The SMILES string of the molecule is CN(CC(=O)Nc1cc(F)ccc1F)CC(C)(C)CN.Cl. The predicted molar refractivity (Wildman–Crippen MR) is 82.6 cm³/mol. The molecule has 0 bridgehead atoms. The molecule has 1 aromatic carbocycles. The molecule has 1 aromatic rings.